The molecule has 8 heteroatoms. The number of ketones is 1. The van der Waals surface area contributed by atoms with E-state index in [0.29, 0.717) is 27.8 Å². The molecule has 0 spiro atoms. The van der Waals surface area contributed by atoms with Crippen molar-refractivity contribution in [2.45, 2.75) is 19.9 Å². The van der Waals surface area contributed by atoms with Crippen LogP contribution in [0.25, 0.3) is 11.0 Å². The Morgan fingerprint density at radius 3 is 2.74 bits per heavy atom. The molecule has 1 aliphatic rings. The normalized spacial score (nSPS) is 16.2. The quantitative estimate of drug-likeness (QED) is 0.533. The van der Waals surface area contributed by atoms with E-state index in [1.54, 1.807) is 6.92 Å². The fraction of sp³-hybridized carbons (Fsp3) is 0.158. The average Bonchev–Trinajstić information content (AvgIpc) is 2.98. The van der Waals surface area contributed by atoms with E-state index in [1.807, 2.05) is 28.8 Å². The van der Waals surface area contributed by atoms with Gasteiger partial charge < -0.3 is 5.32 Å². The second-order valence-electron chi connectivity index (χ2n) is 6.38. The summed E-state index contributed by atoms with van der Waals surface area (Å²) in [6.45, 7) is 3.26. The highest BCUT2D eigenvalue weighted by atomic mass is 35.5. The van der Waals surface area contributed by atoms with Gasteiger partial charge in [0.1, 0.15) is 0 Å². The van der Waals surface area contributed by atoms with E-state index in [9.17, 15) is 14.9 Å². The van der Waals surface area contributed by atoms with Gasteiger partial charge in [-0.25, -0.2) is 4.98 Å². The summed E-state index contributed by atoms with van der Waals surface area (Å²) in [5.41, 5.74) is 3.11. The van der Waals surface area contributed by atoms with Crippen LogP contribution < -0.4 is 5.32 Å². The van der Waals surface area contributed by atoms with Gasteiger partial charge in [0.05, 0.1) is 22.0 Å². The van der Waals surface area contributed by atoms with E-state index in [1.165, 1.54) is 25.1 Å². The lowest BCUT2D eigenvalue weighted by Gasteiger charge is -2.30. The van der Waals surface area contributed by atoms with Crippen molar-refractivity contribution in [3.8, 4) is 0 Å². The molecule has 3 aromatic rings. The highest BCUT2D eigenvalue weighted by Crippen LogP contribution is 2.42. The Hall–Kier alpha value is -3.19. The number of para-hydroxylation sites is 2. The minimum atomic E-state index is -0.612. The van der Waals surface area contributed by atoms with Crippen LogP contribution in [0.15, 0.2) is 53.7 Å². The number of nitrogens with zero attached hydrogens (tertiary/aromatic N) is 3. The molecule has 2 heterocycles. The minimum absolute atomic E-state index is 0.0838. The van der Waals surface area contributed by atoms with Gasteiger partial charge in [-0.1, -0.05) is 23.7 Å². The van der Waals surface area contributed by atoms with Crippen molar-refractivity contribution >= 4 is 40.1 Å². The molecule has 27 heavy (non-hydrogen) atoms. The Kier molecular flexibility index (Phi) is 3.96. The van der Waals surface area contributed by atoms with Crippen molar-refractivity contribution in [3.63, 3.8) is 0 Å². The summed E-state index contributed by atoms with van der Waals surface area (Å²) in [7, 11) is 0. The number of carbonyl (C=O) groups excluding carboxylic acids is 1. The zero-order valence-electron chi connectivity index (χ0n) is 14.6. The van der Waals surface area contributed by atoms with E-state index < -0.39 is 11.0 Å². The zero-order valence-corrected chi connectivity index (χ0v) is 15.3. The molecule has 0 saturated heterocycles. The van der Waals surface area contributed by atoms with Crippen molar-refractivity contribution in [1.29, 1.82) is 0 Å². The fourth-order valence-corrected chi connectivity index (χ4v) is 3.79. The molecule has 0 amide bonds. The SMILES string of the molecule is CC(=O)C1=C(C)Nc2nc3ccccc3n2[C@@H]1c1cc([N+](=O)[O-])ccc1Cl. The number of nitrogens with one attached hydrogen (secondary N) is 1. The van der Waals surface area contributed by atoms with Gasteiger partial charge in [0, 0.05) is 34.0 Å². The molecular formula is C19H15ClN4O3. The molecule has 1 aliphatic heterocycles. The van der Waals surface area contributed by atoms with Crippen molar-refractivity contribution in [3.05, 3.63) is 74.4 Å². The van der Waals surface area contributed by atoms with Crippen LogP contribution in [0.2, 0.25) is 5.02 Å². The number of aromatic nitrogens is 2. The second-order valence-corrected chi connectivity index (χ2v) is 6.79. The molecule has 0 fully saturated rings. The number of allylic oxidation sites excluding steroid dienone is 2. The van der Waals surface area contributed by atoms with E-state index in [-0.39, 0.29) is 11.5 Å². The minimum Gasteiger partial charge on any atom is -0.329 e. The first-order chi connectivity index (χ1) is 12.9. The molecule has 0 radical (unpaired) electrons. The highest BCUT2D eigenvalue weighted by molar-refractivity contribution is 6.31. The lowest BCUT2D eigenvalue weighted by atomic mass is 9.92. The van der Waals surface area contributed by atoms with Crippen molar-refractivity contribution < 1.29 is 9.72 Å². The molecule has 0 saturated carbocycles. The Labute approximate surface area is 159 Å². The molecule has 0 bridgehead atoms. The number of nitro groups is 1. The van der Waals surface area contributed by atoms with Gasteiger partial charge in [-0.2, -0.15) is 0 Å². The maximum absolute atomic E-state index is 12.5. The lowest BCUT2D eigenvalue weighted by Crippen LogP contribution is -2.27. The summed E-state index contributed by atoms with van der Waals surface area (Å²) >= 11 is 6.43. The predicted molar refractivity (Wildman–Crippen MR) is 103 cm³/mol. The molecule has 7 nitrogen and oxygen atoms in total. The van der Waals surface area contributed by atoms with Gasteiger partial charge in [-0.15, -0.1) is 0 Å². The third-order valence-electron chi connectivity index (χ3n) is 4.70. The van der Waals surface area contributed by atoms with E-state index in [4.69, 9.17) is 11.6 Å². The summed E-state index contributed by atoms with van der Waals surface area (Å²) in [5, 5.41) is 14.8. The number of hydrogen-bond acceptors (Lipinski definition) is 5. The summed E-state index contributed by atoms with van der Waals surface area (Å²) in [4.78, 5) is 27.9. The number of fused-ring (bicyclic) bond motifs is 3. The van der Waals surface area contributed by atoms with E-state index in [2.05, 4.69) is 10.3 Å². The summed E-state index contributed by atoms with van der Waals surface area (Å²) in [6.07, 6.45) is 0. The number of imidazole rings is 1. The van der Waals surface area contributed by atoms with Gasteiger partial charge in [-0.3, -0.25) is 19.5 Å². The topological polar surface area (TPSA) is 90.1 Å². The van der Waals surface area contributed by atoms with Crippen LogP contribution in [0, 0.1) is 10.1 Å². The Morgan fingerprint density at radius 2 is 2.04 bits per heavy atom. The molecule has 136 valence electrons. The largest absolute Gasteiger partial charge is 0.329 e. The fourth-order valence-electron chi connectivity index (χ4n) is 3.57. The molecular weight excluding hydrogens is 368 g/mol. The van der Waals surface area contributed by atoms with Crippen LogP contribution >= 0.6 is 11.6 Å². The smallest absolute Gasteiger partial charge is 0.269 e. The number of nitro benzene ring substituents is 1. The van der Waals surface area contributed by atoms with Crippen LogP contribution in [0.4, 0.5) is 11.6 Å². The van der Waals surface area contributed by atoms with Crippen molar-refractivity contribution in [1.82, 2.24) is 9.55 Å². The van der Waals surface area contributed by atoms with Gasteiger partial charge in [-0.05, 0) is 32.0 Å². The molecule has 2 aromatic carbocycles. The molecule has 1 N–H and O–H groups in total. The Bertz CT molecular complexity index is 1150. The zero-order chi connectivity index (χ0) is 19.3. The number of halogens is 1. The number of non-ortho nitro benzene ring substituents is 1. The van der Waals surface area contributed by atoms with E-state index >= 15 is 0 Å². The number of anilines is 1. The summed E-state index contributed by atoms with van der Waals surface area (Å²) < 4.78 is 1.87. The number of benzene rings is 2. The molecule has 0 unspecified atom stereocenters. The number of carbonyl (C=O) groups is 1. The van der Waals surface area contributed by atoms with Crippen LogP contribution in [0.5, 0.6) is 0 Å². The first-order valence-corrected chi connectivity index (χ1v) is 8.66. The molecule has 1 atom stereocenters. The molecule has 0 aliphatic carbocycles. The van der Waals surface area contributed by atoms with Gasteiger partial charge in [0.25, 0.3) is 5.69 Å². The number of rotatable bonds is 3. The first-order valence-electron chi connectivity index (χ1n) is 8.28. The van der Waals surface area contributed by atoms with Crippen molar-refractivity contribution in [2.75, 3.05) is 5.32 Å². The predicted octanol–water partition coefficient (Wildman–Crippen LogP) is 4.48. The molecule has 4 rings (SSSR count). The van der Waals surface area contributed by atoms with Crippen LogP contribution in [0.1, 0.15) is 25.5 Å². The van der Waals surface area contributed by atoms with Crippen LogP contribution in [0.3, 0.4) is 0 Å². The standard InChI is InChI=1S/C19H15ClN4O3/c1-10-17(11(2)25)18(13-9-12(24(26)27)7-8-14(13)20)23-16-6-4-3-5-15(16)22-19(23)21-10/h3-9,18H,1-2H3,(H,21,22)/t18-/m1/s1. The van der Waals surface area contributed by atoms with E-state index in [0.717, 1.165) is 11.0 Å². The van der Waals surface area contributed by atoms with Gasteiger partial charge in [0.2, 0.25) is 5.95 Å². The third-order valence-corrected chi connectivity index (χ3v) is 5.04. The maximum Gasteiger partial charge on any atom is 0.269 e. The lowest BCUT2D eigenvalue weighted by molar-refractivity contribution is -0.384. The van der Waals surface area contributed by atoms with Crippen molar-refractivity contribution in [2.24, 2.45) is 0 Å². The monoisotopic (exact) mass is 382 g/mol. The summed E-state index contributed by atoms with van der Waals surface area (Å²) in [5.74, 6) is 0.419. The number of hydrogen-bond donors (Lipinski definition) is 1. The van der Waals surface area contributed by atoms with Crippen LogP contribution in [-0.4, -0.2) is 20.3 Å². The second kappa shape index (κ2) is 6.21. The Balaban J connectivity index is 2.07. The molecule has 1 aromatic heterocycles. The summed E-state index contributed by atoms with van der Waals surface area (Å²) in [6, 6.07) is 11.2. The first kappa shape index (κ1) is 17.2. The maximum atomic E-state index is 12.5. The van der Waals surface area contributed by atoms with Crippen LogP contribution in [-0.2, 0) is 4.79 Å². The number of Topliss-reactive ketones (excluding diaryl/α,β-unsaturated/α-hetero) is 1. The third kappa shape index (κ3) is 2.67. The Morgan fingerprint density at radius 1 is 1.30 bits per heavy atom. The average molecular weight is 383 g/mol. The van der Waals surface area contributed by atoms with Gasteiger partial charge in [0.15, 0.2) is 5.78 Å². The van der Waals surface area contributed by atoms with Gasteiger partial charge >= 0.3 is 0 Å². The highest BCUT2D eigenvalue weighted by Gasteiger charge is 2.34.